The van der Waals surface area contributed by atoms with Crippen LogP contribution in [0.2, 0.25) is 0 Å². The number of carbonyl (C=O) groups excluding carboxylic acids is 1. The Hall–Kier alpha value is -0.870. The fraction of sp³-hybridized carbons (Fsp3) is 0.812. The highest BCUT2D eigenvalue weighted by atomic mass is 16.5. The fourth-order valence-corrected chi connectivity index (χ4v) is 4.17. The predicted molar refractivity (Wildman–Crippen MR) is 78.5 cm³/mol. The minimum Gasteiger partial charge on any atom is -0.368 e. The van der Waals surface area contributed by atoms with Crippen LogP contribution in [-0.2, 0) is 9.53 Å². The largest absolute Gasteiger partial charge is 0.368 e. The van der Waals surface area contributed by atoms with Crippen molar-refractivity contribution in [2.24, 2.45) is 0 Å². The van der Waals surface area contributed by atoms with Crippen molar-refractivity contribution in [1.82, 2.24) is 9.80 Å². The highest BCUT2D eigenvalue weighted by Gasteiger charge is 2.45. The highest BCUT2D eigenvalue weighted by Crippen LogP contribution is 2.37. The number of hydrogen-bond acceptors (Lipinski definition) is 3. The van der Waals surface area contributed by atoms with Gasteiger partial charge >= 0.3 is 0 Å². The van der Waals surface area contributed by atoms with Gasteiger partial charge in [-0.05, 0) is 45.1 Å². The molecule has 0 radical (unpaired) electrons. The van der Waals surface area contributed by atoms with Crippen LogP contribution < -0.4 is 0 Å². The van der Waals surface area contributed by atoms with Crippen LogP contribution in [0, 0.1) is 0 Å². The molecule has 20 heavy (non-hydrogen) atoms. The topological polar surface area (TPSA) is 32.8 Å². The summed E-state index contributed by atoms with van der Waals surface area (Å²) in [5.74, 6) is 0.229. The highest BCUT2D eigenvalue weighted by molar-refractivity contribution is 5.81. The summed E-state index contributed by atoms with van der Waals surface area (Å²) in [6, 6.07) is 0. The van der Waals surface area contributed by atoms with Gasteiger partial charge < -0.3 is 9.64 Å². The van der Waals surface area contributed by atoms with E-state index in [1.54, 1.807) is 0 Å². The number of piperidine rings is 1. The number of rotatable bonds is 3. The van der Waals surface area contributed by atoms with E-state index in [4.69, 9.17) is 4.74 Å². The van der Waals surface area contributed by atoms with Gasteiger partial charge in [0.05, 0.1) is 0 Å². The zero-order valence-corrected chi connectivity index (χ0v) is 12.4. The van der Waals surface area contributed by atoms with Crippen molar-refractivity contribution in [2.75, 3.05) is 32.8 Å². The molecule has 3 heterocycles. The van der Waals surface area contributed by atoms with Crippen molar-refractivity contribution in [1.29, 1.82) is 0 Å². The first-order valence-electron chi connectivity index (χ1n) is 8.01. The average molecular weight is 278 g/mol. The van der Waals surface area contributed by atoms with Gasteiger partial charge in [-0.15, -0.1) is 6.58 Å². The lowest BCUT2D eigenvalue weighted by Gasteiger charge is -2.46. The monoisotopic (exact) mass is 278 g/mol. The van der Waals surface area contributed by atoms with E-state index < -0.39 is 0 Å². The number of hydrogen-bond donors (Lipinski definition) is 0. The minimum atomic E-state index is -0.167. The SMILES string of the molecule is C=CCN1CCC[C@@]12CCCN(C(=O)[C@@H]1CCCO1)C2. The molecule has 0 bridgehead atoms. The summed E-state index contributed by atoms with van der Waals surface area (Å²) in [7, 11) is 0. The Labute approximate surface area is 121 Å². The second-order valence-corrected chi connectivity index (χ2v) is 6.43. The molecule has 3 aliphatic heterocycles. The van der Waals surface area contributed by atoms with Crippen molar-refractivity contribution in [3.63, 3.8) is 0 Å². The molecule has 1 spiro atoms. The van der Waals surface area contributed by atoms with Gasteiger partial charge in [0.25, 0.3) is 5.91 Å². The van der Waals surface area contributed by atoms with Crippen LogP contribution in [-0.4, -0.2) is 60.1 Å². The van der Waals surface area contributed by atoms with Crippen molar-refractivity contribution in [2.45, 2.75) is 50.2 Å². The maximum Gasteiger partial charge on any atom is 0.251 e. The molecule has 3 aliphatic rings. The molecule has 0 saturated carbocycles. The molecular formula is C16H26N2O2. The number of carbonyl (C=O) groups is 1. The van der Waals surface area contributed by atoms with Crippen LogP contribution in [0.15, 0.2) is 12.7 Å². The second kappa shape index (κ2) is 5.86. The number of amides is 1. The average Bonchev–Trinajstić information content (AvgIpc) is 3.10. The van der Waals surface area contributed by atoms with E-state index in [9.17, 15) is 4.79 Å². The molecule has 0 aliphatic carbocycles. The zero-order chi connectivity index (χ0) is 14.0. The maximum absolute atomic E-state index is 12.6. The van der Waals surface area contributed by atoms with Gasteiger partial charge in [0.2, 0.25) is 0 Å². The lowest BCUT2D eigenvalue weighted by atomic mass is 9.86. The Kier molecular flexibility index (Phi) is 4.13. The normalized spacial score (nSPS) is 34.8. The van der Waals surface area contributed by atoms with Crippen LogP contribution >= 0.6 is 0 Å². The summed E-state index contributed by atoms with van der Waals surface area (Å²) in [6.45, 7) is 8.51. The number of ether oxygens (including phenoxy) is 1. The lowest BCUT2D eigenvalue weighted by Crippen LogP contribution is -2.58. The van der Waals surface area contributed by atoms with E-state index in [2.05, 4.69) is 16.4 Å². The molecule has 0 aromatic rings. The van der Waals surface area contributed by atoms with E-state index in [1.807, 2.05) is 6.08 Å². The van der Waals surface area contributed by atoms with Crippen LogP contribution in [0.4, 0.5) is 0 Å². The first kappa shape index (κ1) is 14.1. The van der Waals surface area contributed by atoms with E-state index in [1.165, 1.54) is 19.3 Å². The molecule has 4 heteroatoms. The molecule has 1 amide bonds. The molecular weight excluding hydrogens is 252 g/mol. The Morgan fingerprint density at radius 1 is 1.30 bits per heavy atom. The molecule has 3 saturated heterocycles. The minimum absolute atomic E-state index is 0.167. The first-order chi connectivity index (χ1) is 9.75. The van der Waals surface area contributed by atoms with E-state index in [0.29, 0.717) is 0 Å². The molecule has 3 rings (SSSR count). The predicted octanol–water partition coefficient (Wildman–Crippen LogP) is 1.81. The first-order valence-corrected chi connectivity index (χ1v) is 8.01. The summed E-state index contributed by atoms with van der Waals surface area (Å²) < 4.78 is 5.57. The zero-order valence-electron chi connectivity index (χ0n) is 12.4. The molecule has 3 fully saturated rings. The Bertz CT molecular complexity index is 379. The third kappa shape index (κ3) is 2.51. The van der Waals surface area contributed by atoms with Crippen molar-refractivity contribution >= 4 is 5.91 Å². The van der Waals surface area contributed by atoms with Gasteiger partial charge in [-0.3, -0.25) is 9.69 Å². The molecule has 0 aromatic heterocycles. The molecule has 4 nitrogen and oxygen atoms in total. The molecule has 0 unspecified atom stereocenters. The van der Waals surface area contributed by atoms with Gasteiger partial charge in [0.15, 0.2) is 0 Å². The van der Waals surface area contributed by atoms with Crippen molar-refractivity contribution in [3.8, 4) is 0 Å². The van der Waals surface area contributed by atoms with Crippen LogP contribution in [0.5, 0.6) is 0 Å². The Morgan fingerprint density at radius 3 is 2.80 bits per heavy atom. The molecule has 0 aromatic carbocycles. The van der Waals surface area contributed by atoms with Crippen molar-refractivity contribution < 1.29 is 9.53 Å². The van der Waals surface area contributed by atoms with Crippen LogP contribution in [0.25, 0.3) is 0 Å². The Balaban J connectivity index is 1.69. The van der Waals surface area contributed by atoms with Gasteiger partial charge in [0.1, 0.15) is 6.10 Å². The summed E-state index contributed by atoms with van der Waals surface area (Å²) >= 11 is 0. The quantitative estimate of drug-likeness (QED) is 0.738. The van der Waals surface area contributed by atoms with Gasteiger partial charge in [-0.25, -0.2) is 0 Å². The fourth-order valence-electron chi connectivity index (χ4n) is 4.17. The molecule has 0 N–H and O–H groups in total. The van der Waals surface area contributed by atoms with E-state index in [-0.39, 0.29) is 17.6 Å². The summed E-state index contributed by atoms with van der Waals surface area (Å²) in [6.07, 6.45) is 8.55. The third-order valence-electron chi connectivity index (χ3n) is 5.16. The van der Waals surface area contributed by atoms with Gasteiger partial charge in [0, 0.05) is 31.8 Å². The van der Waals surface area contributed by atoms with E-state index >= 15 is 0 Å². The third-order valence-corrected chi connectivity index (χ3v) is 5.16. The second-order valence-electron chi connectivity index (χ2n) is 6.43. The summed E-state index contributed by atoms with van der Waals surface area (Å²) in [5.41, 5.74) is 0.209. The maximum atomic E-state index is 12.6. The van der Waals surface area contributed by atoms with Crippen LogP contribution in [0.3, 0.4) is 0 Å². The lowest BCUT2D eigenvalue weighted by molar-refractivity contribution is -0.144. The smallest absolute Gasteiger partial charge is 0.251 e. The molecule has 112 valence electrons. The standard InChI is InChI=1S/C16H26N2O2/c1-2-9-18-11-5-8-16(18)7-4-10-17(13-16)15(19)14-6-3-12-20-14/h2,14H,1,3-13H2/t14-,16+/m0/s1. The van der Waals surface area contributed by atoms with Crippen LogP contribution in [0.1, 0.15) is 38.5 Å². The summed E-state index contributed by atoms with van der Waals surface area (Å²) in [4.78, 5) is 17.2. The van der Waals surface area contributed by atoms with Gasteiger partial charge in [-0.1, -0.05) is 6.08 Å². The summed E-state index contributed by atoms with van der Waals surface area (Å²) in [5, 5.41) is 0. The van der Waals surface area contributed by atoms with Gasteiger partial charge in [-0.2, -0.15) is 0 Å². The number of likely N-dealkylation sites (tertiary alicyclic amines) is 2. The molecule has 2 atom stereocenters. The van der Waals surface area contributed by atoms with Crippen molar-refractivity contribution in [3.05, 3.63) is 12.7 Å². The number of nitrogens with zero attached hydrogens (tertiary/aromatic N) is 2. The van der Waals surface area contributed by atoms with E-state index in [0.717, 1.165) is 52.0 Å². The Morgan fingerprint density at radius 2 is 2.10 bits per heavy atom.